The molecule has 0 spiro atoms. The first kappa shape index (κ1) is 79.2. The molecule has 0 N–H and O–H groups in total. The number of rotatable bonds is 0. The molecule has 450 valence electrons. The van der Waals surface area contributed by atoms with E-state index in [0.717, 1.165) is 22.9 Å². The molecular formula is C74H120N2O2S2. The van der Waals surface area contributed by atoms with Crippen LogP contribution in [0.3, 0.4) is 0 Å². The third kappa shape index (κ3) is 15.0. The zero-order valence-corrected chi connectivity index (χ0v) is 54.2. The van der Waals surface area contributed by atoms with Gasteiger partial charge >= 0.3 is 0 Å². The fraction of sp³-hybridized carbons (Fsp3) is 0.514. The van der Waals surface area contributed by atoms with Crippen molar-refractivity contribution < 1.29 is 8.83 Å². The number of nitrogens with zero attached hydrogens (tertiary/aromatic N) is 2. The molecule has 0 radical (unpaired) electrons. The smallest absolute Gasteiger partial charge is 0.137 e. The summed E-state index contributed by atoms with van der Waals surface area (Å²) in [6, 6.07) is 0. The van der Waals surface area contributed by atoms with Crippen molar-refractivity contribution in [2.75, 3.05) is 0 Å². The summed E-state index contributed by atoms with van der Waals surface area (Å²) in [4.78, 5) is 4.39. The van der Waals surface area contributed by atoms with E-state index in [0.29, 0.717) is 0 Å². The predicted molar refractivity (Wildman–Crippen MR) is 372 cm³/mol. The Balaban J connectivity index is -0.000000889. The Hall–Kier alpha value is -5.04. The summed E-state index contributed by atoms with van der Waals surface area (Å²) < 4.78 is 17.3. The van der Waals surface area contributed by atoms with Crippen molar-refractivity contribution >= 4 is 54.6 Å². The van der Waals surface area contributed by atoms with Gasteiger partial charge in [-0.15, -0.1) is 22.7 Å². The molecule has 0 saturated carbocycles. The summed E-state index contributed by atoms with van der Waals surface area (Å²) in [7, 11) is 4.29. The van der Waals surface area contributed by atoms with Crippen LogP contribution in [-0.2, 0) is 14.1 Å². The van der Waals surface area contributed by atoms with E-state index in [1.54, 1.807) is 0 Å². The molecule has 0 saturated heterocycles. The predicted octanol–water partition coefficient (Wildman–Crippen LogP) is 24.6. The quantitative estimate of drug-likeness (QED) is 0.152. The lowest BCUT2D eigenvalue weighted by molar-refractivity contribution is 0.501. The molecule has 0 atom stereocenters. The Morgan fingerprint density at radius 1 is 0.237 bits per heavy atom. The third-order valence-corrected chi connectivity index (χ3v) is 21.0. The molecule has 0 amide bonds. The molecule has 3 aromatic carbocycles. The normalized spacial score (nSPS) is 10.2. The number of benzene rings is 3. The van der Waals surface area contributed by atoms with Gasteiger partial charge in [-0.3, -0.25) is 0 Å². The molecule has 0 unspecified atom stereocenters. The van der Waals surface area contributed by atoms with Crippen molar-refractivity contribution in [2.24, 2.45) is 14.1 Å². The van der Waals surface area contributed by atoms with E-state index in [1.807, 2.05) is 43.4 Å². The Kier molecular flexibility index (Phi) is 30.5. The number of aryl methyl sites for hydroxylation is 16. The van der Waals surface area contributed by atoms with E-state index in [-0.39, 0.29) is 44.6 Å². The van der Waals surface area contributed by atoms with Gasteiger partial charge in [-0.05, 0) is 330 Å². The second kappa shape index (κ2) is 30.9. The minimum atomic E-state index is 0. The van der Waals surface area contributed by atoms with Gasteiger partial charge in [0, 0.05) is 61.3 Å². The fourth-order valence-corrected chi connectivity index (χ4v) is 12.8. The molecule has 0 aliphatic carbocycles. The summed E-state index contributed by atoms with van der Waals surface area (Å²) >= 11 is 3.84. The van der Waals surface area contributed by atoms with Gasteiger partial charge in [0.05, 0.1) is 5.52 Å². The van der Waals surface area contributed by atoms with Crippen LogP contribution >= 0.6 is 22.7 Å². The zero-order valence-electron chi connectivity index (χ0n) is 52.5. The van der Waals surface area contributed by atoms with Crippen molar-refractivity contribution in [3.05, 3.63) is 166 Å². The summed E-state index contributed by atoms with van der Waals surface area (Å²) in [5.74, 6) is 3.14. The lowest BCUT2D eigenvalue weighted by atomic mass is 9.94. The lowest BCUT2D eigenvalue weighted by Gasteiger charge is -2.12. The highest BCUT2D eigenvalue weighted by Crippen LogP contribution is 2.39. The Morgan fingerprint density at radius 2 is 0.562 bits per heavy atom. The highest BCUT2D eigenvalue weighted by molar-refractivity contribution is 7.19. The SMILES string of the molecule is C.C.C.C.C.C.Cc1c(C)c(C)c2c(c1C)c(C)c(C)n2C.Cc1c(C)c(C)n(C)c1C.Cc1oc(C)c(C)c1C.Cc1oc2c(C)c(C)c(C)c(C)c2c1C.Cc1sc(C)c(C)c1C.Cc1sc2c(C)c(C)c(C)c(C)c2c1C. The highest BCUT2D eigenvalue weighted by Gasteiger charge is 2.18. The van der Waals surface area contributed by atoms with Crippen LogP contribution in [0.4, 0.5) is 0 Å². The topological polar surface area (TPSA) is 36.1 Å². The number of aromatic nitrogens is 2. The molecule has 6 heteroatoms. The van der Waals surface area contributed by atoms with Crippen molar-refractivity contribution in [3.63, 3.8) is 0 Å². The van der Waals surface area contributed by atoms with Gasteiger partial charge in [-0.25, -0.2) is 0 Å². The minimum Gasteiger partial charge on any atom is -0.466 e. The Labute approximate surface area is 501 Å². The molecule has 6 aromatic heterocycles. The molecule has 0 aliphatic heterocycles. The number of fused-ring (bicyclic) bond motifs is 3. The first-order valence-corrected chi connectivity index (χ1v) is 28.3. The summed E-state index contributed by atoms with van der Waals surface area (Å²) in [5, 5.41) is 4.27. The number of furan rings is 2. The minimum absolute atomic E-state index is 0. The summed E-state index contributed by atoms with van der Waals surface area (Å²) in [5.41, 5.74) is 36.2. The maximum absolute atomic E-state index is 5.85. The van der Waals surface area contributed by atoms with Crippen molar-refractivity contribution in [1.82, 2.24) is 9.13 Å². The van der Waals surface area contributed by atoms with E-state index >= 15 is 0 Å². The van der Waals surface area contributed by atoms with Crippen molar-refractivity contribution in [1.29, 1.82) is 0 Å². The fourth-order valence-electron chi connectivity index (χ4n) is 10.4. The molecule has 6 heterocycles. The van der Waals surface area contributed by atoms with Gasteiger partial charge in [0.2, 0.25) is 0 Å². The number of thiophene rings is 2. The Bertz CT molecular complexity index is 3230. The largest absolute Gasteiger partial charge is 0.466 e. The maximum atomic E-state index is 5.85. The first-order valence-electron chi connectivity index (χ1n) is 26.7. The van der Waals surface area contributed by atoms with Crippen LogP contribution in [0.25, 0.3) is 32.0 Å². The number of hydrogen-bond acceptors (Lipinski definition) is 4. The standard InChI is InChI=1S/C15H21N.C14H18O.C14H18S.C9H15N.C8H12O.C8H12S.6CH4/c1-8-9(2)11(4)15-14(10(8)3)12(5)13(6)16(15)7;2*1-7-8(2)10(4)14-13(9(7)3)11(5)12(6)15-14;1-6-7(2)9(4)10(5)8(6)3;2*1-5-6(2)8(4)9-7(5)3;;;;;;/h1-7H3;2*1-6H3;1-5H3;2*1-4H3;6*1H4. The molecule has 0 aliphatic rings. The first-order chi connectivity index (χ1) is 34.1. The summed E-state index contributed by atoms with van der Waals surface area (Å²) in [6.07, 6.45) is 0. The molecule has 9 rings (SSSR count). The van der Waals surface area contributed by atoms with Gasteiger partial charge in [0.1, 0.15) is 22.9 Å². The van der Waals surface area contributed by atoms with Crippen LogP contribution in [0.15, 0.2) is 8.83 Å². The van der Waals surface area contributed by atoms with E-state index in [9.17, 15) is 0 Å². The highest BCUT2D eigenvalue weighted by atomic mass is 32.1. The van der Waals surface area contributed by atoms with Gasteiger partial charge in [-0.2, -0.15) is 0 Å². The molecule has 80 heavy (non-hydrogen) atoms. The van der Waals surface area contributed by atoms with Crippen LogP contribution < -0.4 is 0 Å². The van der Waals surface area contributed by atoms with E-state index in [1.165, 1.54) is 175 Å². The van der Waals surface area contributed by atoms with Crippen LogP contribution in [0.1, 0.15) is 210 Å². The molecule has 9 aromatic rings. The summed E-state index contributed by atoms with van der Waals surface area (Å²) in [6.45, 7) is 65.3. The second-order valence-electron chi connectivity index (χ2n) is 21.9. The van der Waals surface area contributed by atoms with Crippen LogP contribution in [-0.4, -0.2) is 9.13 Å². The van der Waals surface area contributed by atoms with E-state index in [4.69, 9.17) is 8.83 Å². The van der Waals surface area contributed by atoms with Crippen molar-refractivity contribution in [3.8, 4) is 0 Å². The van der Waals surface area contributed by atoms with E-state index in [2.05, 4.69) is 210 Å². The monoisotopic (exact) mass is 1130 g/mol. The average molecular weight is 1130 g/mol. The lowest BCUT2D eigenvalue weighted by Crippen LogP contribution is -1.97. The molecule has 0 bridgehead atoms. The van der Waals surface area contributed by atoms with Gasteiger partial charge < -0.3 is 18.0 Å². The zero-order chi connectivity index (χ0) is 56.8. The molecule has 4 nitrogen and oxygen atoms in total. The van der Waals surface area contributed by atoms with Gasteiger partial charge in [-0.1, -0.05) is 44.6 Å². The van der Waals surface area contributed by atoms with Gasteiger partial charge in [0.15, 0.2) is 0 Å². The molecule has 0 fully saturated rings. The van der Waals surface area contributed by atoms with Crippen LogP contribution in [0, 0.1) is 208 Å². The van der Waals surface area contributed by atoms with Gasteiger partial charge in [0.25, 0.3) is 0 Å². The second-order valence-corrected chi connectivity index (χ2v) is 24.5. The van der Waals surface area contributed by atoms with Crippen molar-refractivity contribution in [2.45, 2.75) is 252 Å². The van der Waals surface area contributed by atoms with Crippen LogP contribution in [0.5, 0.6) is 0 Å². The van der Waals surface area contributed by atoms with Crippen LogP contribution in [0.2, 0.25) is 0 Å². The third-order valence-electron chi connectivity index (χ3n) is 18.5. The maximum Gasteiger partial charge on any atom is 0.137 e. The van der Waals surface area contributed by atoms with E-state index < -0.39 is 0 Å². The average Bonchev–Trinajstić information content (AvgIpc) is 4.09. The molecular weight excluding hydrogens is 1010 g/mol. The number of hydrogen-bond donors (Lipinski definition) is 0. The Morgan fingerprint density at radius 3 is 0.912 bits per heavy atom.